The van der Waals surface area contributed by atoms with Crippen LogP contribution >= 0.6 is 11.6 Å². The Balaban J connectivity index is 2.11. The van der Waals surface area contributed by atoms with Crippen LogP contribution in [-0.4, -0.2) is 4.98 Å². The highest BCUT2D eigenvalue weighted by Crippen LogP contribution is 2.17. The number of fused-ring (bicyclic) bond motifs is 1. The summed E-state index contributed by atoms with van der Waals surface area (Å²) in [5.74, 6) is 0. The van der Waals surface area contributed by atoms with Gasteiger partial charge in [-0.3, -0.25) is 4.79 Å². The van der Waals surface area contributed by atoms with Crippen molar-refractivity contribution in [2.45, 2.75) is 0 Å². The summed E-state index contributed by atoms with van der Waals surface area (Å²) >= 11 is 6.14. The van der Waals surface area contributed by atoms with Crippen molar-refractivity contribution in [2.24, 2.45) is 0 Å². The Hall–Kier alpha value is -2.32. The Morgan fingerprint density at radius 1 is 0.900 bits per heavy atom. The van der Waals surface area contributed by atoms with Crippen LogP contribution in [-0.2, 0) is 0 Å². The number of para-hydroxylation sites is 1. The Morgan fingerprint density at radius 3 is 2.40 bits per heavy atom. The van der Waals surface area contributed by atoms with Crippen molar-refractivity contribution in [1.82, 2.24) is 4.98 Å². The molecule has 2 nitrogen and oxygen atoms in total. The lowest BCUT2D eigenvalue weighted by atomic mass is 10.1. The van der Waals surface area contributed by atoms with E-state index in [1.165, 1.54) is 0 Å². The first-order valence-electron chi connectivity index (χ1n) is 6.29. The van der Waals surface area contributed by atoms with Gasteiger partial charge in [-0.1, -0.05) is 60.1 Å². The first-order chi connectivity index (χ1) is 9.75. The van der Waals surface area contributed by atoms with E-state index in [9.17, 15) is 4.79 Å². The fraction of sp³-hybridized carbons (Fsp3) is 0. The molecule has 0 saturated heterocycles. The fourth-order valence-corrected chi connectivity index (χ4v) is 2.30. The Morgan fingerprint density at radius 2 is 1.60 bits per heavy atom. The fourth-order valence-electron chi connectivity index (χ4n) is 2.09. The van der Waals surface area contributed by atoms with Crippen LogP contribution in [0.1, 0.15) is 11.3 Å². The summed E-state index contributed by atoms with van der Waals surface area (Å²) in [6.45, 7) is 0. The first-order valence-corrected chi connectivity index (χ1v) is 6.67. The molecule has 2 aromatic carbocycles. The number of benzene rings is 2. The molecule has 0 radical (unpaired) electrons. The number of halogens is 1. The van der Waals surface area contributed by atoms with Gasteiger partial charge in [-0.05, 0) is 23.8 Å². The summed E-state index contributed by atoms with van der Waals surface area (Å²) in [4.78, 5) is 15.4. The second-order valence-corrected chi connectivity index (χ2v) is 4.85. The van der Waals surface area contributed by atoms with E-state index in [1.54, 1.807) is 6.07 Å². The first kappa shape index (κ1) is 12.7. The maximum Gasteiger partial charge on any atom is 0.208 e. The highest BCUT2D eigenvalue weighted by atomic mass is 35.5. The molecule has 0 saturated carbocycles. The summed E-state index contributed by atoms with van der Waals surface area (Å²) in [5.41, 5.74) is 2.32. The maximum atomic E-state index is 12.2. The summed E-state index contributed by atoms with van der Waals surface area (Å²) < 4.78 is 0. The summed E-state index contributed by atoms with van der Waals surface area (Å²) in [5, 5.41) is 0.824. The molecule has 20 heavy (non-hydrogen) atoms. The van der Waals surface area contributed by atoms with E-state index in [4.69, 9.17) is 11.6 Å². The van der Waals surface area contributed by atoms with Gasteiger partial charge in [-0.2, -0.15) is 0 Å². The molecule has 3 rings (SSSR count). The van der Waals surface area contributed by atoms with Gasteiger partial charge in [-0.25, -0.2) is 0 Å². The molecule has 1 aromatic heterocycles. The highest BCUT2D eigenvalue weighted by molar-refractivity contribution is 6.32. The van der Waals surface area contributed by atoms with Crippen LogP contribution in [0.5, 0.6) is 0 Å². The monoisotopic (exact) mass is 281 g/mol. The molecule has 3 heteroatoms. The molecule has 0 aliphatic rings. The summed E-state index contributed by atoms with van der Waals surface area (Å²) in [6, 6.07) is 17.2. The molecule has 0 atom stereocenters. The number of rotatable bonds is 2. The third kappa shape index (κ3) is 2.38. The van der Waals surface area contributed by atoms with Gasteiger partial charge in [0.2, 0.25) is 5.43 Å². The number of hydrogen-bond donors (Lipinski definition) is 1. The SMILES string of the molecule is O=c1c(Cl)c(C=Cc2ccccc2)[nH]c2ccccc12. The van der Waals surface area contributed by atoms with E-state index in [0.29, 0.717) is 11.1 Å². The van der Waals surface area contributed by atoms with E-state index in [0.717, 1.165) is 11.1 Å². The summed E-state index contributed by atoms with van der Waals surface area (Å²) in [7, 11) is 0. The minimum atomic E-state index is -0.145. The lowest BCUT2D eigenvalue weighted by Crippen LogP contribution is -2.05. The van der Waals surface area contributed by atoms with Gasteiger partial charge in [0.1, 0.15) is 5.02 Å². The van der Waals surface area contributed by atoms with E-state index in [1.807, 2.05) is 60.7 Å². The van der Waals surface area contributed by atoms with Crippen LogP contribution in [0.15, 0.2) is 59.4 Å². The van der Waals surface area contributed by atoms with Crippen LogP contribution in [0.4, 0.5) is 0 Å². The van der Waals surface area contributed by atoms with Crippen molar-refractivity contribution in [3.63, 3.8) is 0 Å². The highest BCUT2D eigenvalue weighted by Gasteiger charge is 2.07. The van der Waals surface area contributed by atoms with Crippen LogP contribution < -0.4 is 5.43 Å². The second-order valence-electron chi connectivity index (χ2n) is 4.47. The molecule has 98 valence electrons. The number of aromatic nitrogens is 1. The van der Waals surface area contributed by atoms with Crippen molar-refractivity contribution in [1.29, 1.82) is 0 Å². The van der Waals surface area contributed by atoms with Crippen molar-refractivity contribution in [3.05, 3.63) is 81.1 Å². The van der Waals surface area contributed by atoms with Crippen molar-refractivity contribution in [2.75, 3.05) is 0 Å². The topological polar surface area (TPSA) is 32.9 Å². The smallest absolute Gasteiger partial charge is 0.208 e. The molecular weight excluding hydrogens is 270 g/mol. The van der Waals surface area contributed by atoms with E-state index >= 15 is 0 Å². The minimum absolute atomic E-state index is 0.145. The van der Waals surface area contributed by atoms with Crippen LogP contribution in [0.2, 0.25) is 5.02 Å². The van der Waals surface area contributed by atoms with E-state index < -0.39 is 0 Å². The third-order valence-electron chi connectivity index (χ3n) is 3.12. The Bertz CT molecular complexity index is 834. The standard InChI is InChI=1S/C17H12ClNO/c18-16-15(11-10-12-6-2-1-3-7-12)19-14-9-5-4-8-13(14)17(16)20/h1-11H,(H,19,20). The van der Waals surface area contributed by atoms with Crippen molar-refractivity contribution >= 4 is 34.7 Å². The quantitative estimate of drug-likeness (QED) is 0.744. The van der Waals surface area contributed by atoms with Gasteiger partial charge in [0.15, 0.2) is 0 Å². The number of pyridine rings is 1. The molecule has 0 amide bonds. The number of hydrogen-bond acceptors (Lipinski definition) is 1. The maximum absolute atomic E-state index is 12.2. The zero-order valence-corrected chi connectivity index (χ0v) is 11.4. The molecule has 0 spiro atoms. The third-order valence-corrected chi connectivity index (χ3v) is 3.49. The molecule has 0 fully saturated rings. The Kier molecular flexibility index (Phi) is 3.40. The molecule has 0 bridgehead atoms. The van der Waals surface area contributed by atoms with Gasteiger partial charge in [0, 0.05) is 10.9 Å². The molecule has 0 aliphatic carbocycles. The average molecular weight is 282 g/mol. The van der Waals surface area contributed by atoms with Crippen molar-refractivity contribution < 1.29 is 0 Å². The van der Waals surface area contributed by atoms with Gasteiger partial charge in [-0.15, -0.1) is 0 Å². The van der Waals surface area contributed by atoms with Crippen LogP contribution in [0.3, 0.4) is 0 Å². The molecule has 3 aromatic rings. The average Bonchev–Trinajstić information content (AvgIpc) is 2.50. The number of aromatic amines is 1. The Labute approximate surface area is 121 Å². The van der Waals surface area contributed by atoms with Crippen LogP contribution in [0, 0.1) is 0 Å². The summed E-state index contributed by atoms with van der Waals surface area (Å²) in [6.07, 6.45) is 3.75. The van der Waals surface area contributed by atoms with Gasteiger partial charge in [0.05, 0.1) is 5.69 Å². The molecule has 1 heterocycles. The predicted octanol–water partition coefficient (Wildman–Crippen LogP) is 4.35. The van der Waals surface area contributed by atoms with E-state index in [2.05, 4.69) is 4.98 Å². The minimum Gasteiger partial charge on any atom is -0.354 e. The van der Waals surface area contributed by atoms with Gasteiger partial charge >= 0.3 is 0 Å². The predicted molar refractivity (Wildman–Crippen MR) is 84.9 cm³/mol. The zero-order valence-electron chi connectivity index (χ0n) is 10.6. The molecule has 0 aliphatic heterocycles. The molecule has 0 unspecified atom stereocenters. The lowest BCUT2D eigenvalue weighted by Gasteiger charge is -2.03. The number of H-pyrrole nitrogens is 1. The molecule has 1 N–H and O–H groups in total. The van der Waals surface area contributed by atoms with Gasteiger partial charge < -0.3 is 4.98 Å². The molecular formula is C17H12ClNO. The zero-order chi connectivity index (χ0) is 13.9. The second kappa shape index (κ2) is 5.35. The lowest BCUT2D eigenvalue weighted by molar-refractivity contribution is 1.35. The van der Waals surface area contributed by atoms with Gasteiger partial charge in [0.25, 0.3) is 0 Å². The normalized spacial score (nSPS) is 11.2. The van der Waals surface area contributed by atoms with E-state index in [-0.39, 0.29) is 10.5 Å². The van der Waals surface area contributed by atoms with Crippen LogP contribution in [0.25, 0.3) is 23.1 Å². The van der Waals surface area contributed by atoms with Crippen molar-refractivity contribution in [3.8, 4) is 0 Å². The largest absolute Gasteiger partial charge is 0.354 e. The number of nitrogens with one attached hydrogen (secondary N) is 1.